The summed E-state index contributed by atoms with van der Waals surface area (Å²) in [4.78, 5) is 0. The number of rotatable bonds is 4. The molecule has 2 N–H and O–H groups in total. The SMILES string of the molecule is CCc1c(OC)c(OC)cc(Cl)c1-c1cc(N)no1. The van der Waals surface area contributed by atoms with Crippen LogP contribution in [0.4, 0.5) is 5.82 Å². The maximum absolute atomic E-state index is 6.30. The van der Waals surface area contributed by atoms with Gasteiger partial charge in [0.15, 0.2) is 23.1 Å². The van der Waals surface area contributed by atoms with Gasteiger partial charge in [0.25, 0.3) is 0 Å². The van der Waals surface area contributed by atoms with Crippen molar-refractivity contribution in [3.63, 3.8) is 0 Å². The molecule has 6 heteroatoms. The van der Waals surface area contributed by atoms with Crippen LogP contribution in [0.25, 0.3) is 11.3 Å². The van der Waals surface area contributed by atoms with Crippen molar-refractivity contribution in [1.82, 2.24) is 5.16 Å². The van der Waals surface area contributed by atoms with Gasteiger partial charge in [-0.1, -0.05) is 23.7 Å². The summed E-state index contributed by atoms with van der Waals surface area (Å²) in [7, 11) is 3.16. The summed E-state index contributed by atoms with van der Waals surface area (Å²) in [5.41, 5.74) is 7.20. The largest absolute Gasteiger partial charge is 0.493 e. The minimum Gasteiger partial charge on any atom is -0.493 e. The molecule has 0 radical (unpaired) electrons. The van der Waals surface area contributed by atoms with Crippen molar-refractivity contribution in [2.24, 2.45) is 0 Å². The van der Waals surface area contributed by atoms with Crippen molar-refractivity contribution in [2.75, 3.05) is 20.0 Å². The third kappa shape index (κ3) is 2.33. The molecule has 0 aliphatic heterocycles. The van der Waals surface area contributed by atoms with Crippen molar-refractivity contribution in [3.05, 3.63) is 22.7 Å². The molecule has 0 unspecified atom stereocenters. The molecule has 2 aromatic rings. The van der Waals surface area contributed by atoms with Gasteiger partial charge in [-0.3, -0.25) is 0 Å². The van der Waals surface area contributed by atoms with Crippen LogP contribution in [0.3, 0.4) is 0 Å². The molecule has 102 valence electrons. The second-order valence-electron chi connectivity index (χ2n) is 3.92. The number of hydrogen-bond donors (Lipinski definition) is 1. The first-order valence-corrected chi connectivity index (χ1v) is 6.16. The maximum atomic E-state index is 6.30. The molecule has 0 atom stereocenters. The molecular weight excluding hydrogens is 268 g/mol. The van der Waals surface area contributed by atoms with E-state index in [2.05, 4.69) is 5.16 Å². The molecule has 19 heavy (non-hydrogen) atoms. The summed E-state index contributed by atoms with van der Waals surface area (Å²) >= 11 is 6.30. The number of methoxy groups -OCH3 is 2. The van der Waals surface area contributed by atoms with Gasteiger partial charge in [0.1, 0.15) is 0 Å². The molecule has 1 heterocycles. The number of nitrogens with zero attached hydrogens (tertiary/aromatic N) is 1. The fourth-order valence-corrected chi connectivity index (χ4v) is 2.35. The average Bonchev–Trinajstić information content (AvgIpc) is 2.83. The standard InChI is InChI=1S/C13H15ClN2O3/c1-4-7-12(9-6-11(15)16-19-9)8(14)5-10(17-2)13(7)18-3/h5-6H,4H2,1-3H3,(H2,15,16). The van der Waals surface area contributed by atoms with Gasteiger partial charge in [-0.25, -0.2) is 0 Å². The van der Waals surface area contributed by atoms with Crippen LogP contribution in [0.5, 0.6) is 11.5 Å². The van der Waals surface area contributed by atoms with E-state index in [-0.39, 0.29) is 0 Å². The van der Waals surface area contributed by atoms with Gasteiger partial charge in [-0.15, -0.1) is 0 Å². The Bertz CT molecular complexity index is 596. The topological polar surface area (TPSA) is 70.5 Å². The lowest BCUT2D eigenvalue weighted by atomic mass is 10.0. The van der Waals surface area contributed by atoms with Gasteiger partial charge in [0, 0.05) is 23.3 Å². The minimum absolute atomic E-state index is 0.308. The number of nitrogens with two attached hydrogens (primary N) is 1. The van der Waals surface area contributed by atoms with Gasteiger partial charge in [0.2, 0.25) is 0 Å². The highest BCUT2D eigenvalue weighted by molar-refractivity contribution is 6.33. The second-order valence-corrected chi connectivity index (χ2v) is 4.32. The van der Waals surface area contributed by atoms with Crippen LogP contribution in [-0.2, 0) is 6.42 Å². The molecule has 0 amide bonds. The van der Waals surface area contributed by atoms with Crippen molar-refractivity contribution >= 4 is 17.4 Å². The van der Waals surface area contributed by atoms with Crippen molar-refractivity contribution < 1.29 is 14.0 Å². The molecule has 0 fully saturated rings. The Morgan fingerprint density at radius 3 is 2.53 bits per heavy atom. The fraction of sp³-hybridized carbons (Fsp3) is 0.308. The van der Waals surface area contributed by atoms with E-state index < -0.39 is 0 Å². The summed E-state index contributed by atoms with van der Waals surface area (Å²) < 4.78 is 15.9. The van der Waals surface area contributed by atoms with Crippen LogP contribution in [0, 0.1) is 0 Å². The number of nitrogen functional groups attached to an aromatic ring is 1. The monoisotopic (exact) mass is 282 g/mol. The van der Waals surface area contributed by atoms with Gasteiger partial charge < -0.3 is 19.7 Å². The number of halogens is 1. The number of hydrogen-bond acceptors (Lipinski definition) is 5. The van der Waals surface area contributed by atoms with Gasteiger partial charge in [0.05, 0.1) is 19.2 Å². The predicted molar refractivity (Wildman–Crippen MR) is 73.8 cm³/mol. The van der Waals surface area contributed by atoms with Crippen molar-refractivity contribution in [2.45, 2.75) is 13.3 Å². The smallest absolute Gasteiger partial charge is 0.170 e. The number of benzene rings is 1. The molecule has 1 aromatic heterocycles. The normalized spacial score (nSPS) is 10.5. The zero-order chi connectivity index (χ0) is 14.0. The summed E-state index contributed by atoms with van der Waals surface area (Å²) in [6.45, 7) is 2.00. The van der Waals surface area contributed by atoms with E-state index in [0.717, 1.165) is 11.1 Å². The van der Waals surface area contributed by atoms with Crippen LogP contribution in [0.15, 0.2) is 16.7 Å². The first-order chi connectivity index (χ1) is 9.12. The molecule has 5 nitrogen and oxygen atoms in total. The highest BCUT2D eigenvalue weighted by Gasteiger charge is 2.21. The minimum atomic E-state index is 0.308. The van der Waals surface area contributed by atoms with Gasteiger partial charge >= 0.3 is 0 Å². The van der Waals surface area contributed by atoms with E-state index in [1.165, 1.54) is 0 Å². The summed E-state index contributed by atoms with van der Waals surface area (Å²) in [5.74, 6) is 2.04. The van der Waals surface area contributed by atoms with Crippen LogP contribution >= 0.6 is 11.6 Å². The molecule has 0 saturated carbocycles. The molecule has 0 bridgehead atoms. The van der Waals surface area contributed by atoms with Crippen molar-refractivity contribution in [1.29, 1.82) is 0 Å². The third-order valence-electron chi connectivity index (χ3n) is 2.85. The lowest BCUT2D eigenvalue weighted by Crippen LogP contribution is -1.98. The Morgan fingerprint density at radius 1 is 1.32 bits per heavy atom. The molecule has 0 aliphatic carbocycles. The van der Waals surface area contributed by atoms with Crippen LogP contribution in [0.2, 0.25) is 5.02 Å². The summed E-state index contributed by atoms with van der Waals surface area (Å²) in [6.07, 6.45) is 0.704. The Morgan fingerprint density at radius 2 is 2.05 bits per heavy atom. The van der Waals surface area contributed by atoms with E-state index in [1.54, 1.807) is 26.4 Å². The highest BCUT2D eigenvalue weighted by Crippen LogP contribution is 2.43. The first-order valence-electron chi connectivity index (χ1n) is 5.78. The number of anilines is 1. The summed E-state index contributed by atoms with van der Waals surface area (Å²) in [6, 6.07) is 3.32. The molecule has 0 spiro atoms. The molecule has 0 saturated heterocycles. The highest BCUT2D eigenvalue weighted by atomic mass is 35.5. The molecule has 1 aromatic carbocycles. The Labute approximate surface area is 116 Å². The number of aromatic nitrogens is 1. The molecular formula is C13H15ClN2O3. The molecule has 0 aliphatic rings. The van der Waals surface area contributed by atoms with Crippen LogP contribution in [0.1, 0.15) is 12.5 Å². The average molecular weight is 283 g/mol. The van der Waals surface area contributed by atoms with E-state index in [1.807, 2.05) is 6.92 Å². The van der Waals surface area contributed by atoms with Crippen LogP contribution < -0.4 is 15.2 Å². The molecule has 2 rings (SSSR count). The van der Waals surface area contributed by atoms with E-state index >= 15 is 0 Å². The van der Waals surface area contributed by atoms with E-state index in [9.17, 15) is 0 Å². The zero-order valence-corrected chi connectivity index (χ0v) is 11.7. The fourth-order valence-electron chi connectivity index (χ4n) is 2.05. The van der Waals surface area contributed by atoms with Gasteiger partial charge in [-0.05, 0) is 6.42 Å². The van der Waals surface area contributed by atoms with Crippen LogP contribution in [-0.4, -0.2) is 19.4 Å². The van der Waals surface area contributed by atoms with Gasteiger partial charge in [-0.2, -0.15) is 0 Å². The van der Waals surface area contributed by atoms with Crippen molar-refractivity contribution in [3.8, 4) is 22.8 Å². The Kier molecular flexibility index (Phi) is 3.85. The Hall–Kier alpha value is -1.88. The lowest BCUT2D eigenvalue weighted by molar-refractivity contribution is 0.352. The maximum Gasteiger partial charge on any atom is 0.170 e. The predicted octanol–water partition coefficient (Wildman–Crippen LogP) is 3.16. The number of ether oxygens (including phenoxy) is 2. The quantitative estimate of drug-likeness (QED) is 0.933. The second kappa shape index (κ2) is 5.40. The zero-order valence-electron chi connectivity index (χ0n) is 11.0. The first kappa shape index (κ1) is 13.5. The van der Waals surface area contributed by atoms with E-state index in [0.29, 0.717) is 34.5 Å². The van der Waals surface area contributed by atoms with E-state index in [4.69, 9.17) is 31.3 Å². The summed E-state index contributed by atoms with van der Waals surface area (Å²) in [5, 5.41) is 4.18. The Balaban J connectivity index is 2.72. The lowest BCUT2D eigenvalue weighted by Gasteiger charge is -2.16. The third-order valence-corrected chi connectivity index (χ3v) is 3.15.